The van der Waals surface area contributed by atoms with E-state index >= 15 is 0 Å². The van der Waals surface area contributed by atoms with Crippen LogP contribution in [0, 0.1) is 11.2 Å². The molecule has 2 rings (SSSR count). The molecule has 1 nitrogen and oxygen atoms in total. The summed E-state index contributed by atoms with van der Waals surface area (Å²) in [5.74, 6) is 0.435. The number of nitrogens with one attached hydrogen (secondary N) is 1. The number of rotatable bonds is 4. The molecule has 0 bridgehead atoms. The van der Waals surface area contributed by atoms with Gasteiger partial charge in [-0.15, -0.1) is 0 Å². The number of hydrogen-bond acceptors (Lipinski definition) is 1. The van der Waals surface area contributed by atoms with Gasteiger partial charge in [0.1, 0.15) is 5.82 Å². The first-order valence-electron chi connectivity index (χ1n) is 6.93. The van der Waals surface area contributed by atoms with E-state index in [1.807, 2.05) is 12.1 Å². The van der Waals surface area contributed by atoms with Crippen LogP contribution in [0.15, 0.2) is 24.3 Å². The van der Waals surface area contributed by atoms with Gasteiger partial charge in [0.25, 0.3) is 0 Å². The molecule has 1 aliphatic rings. The van der Waals surface area contributed by atoms with E-state index in [9.17, 15) is 4.39 Å². The molecule has 18 heavy (non-hydrogen) atoms. The van der Waals surface area contributed by atoms with Crippen molar-refractivity contribution in [3.63, 3.8) is 0 Å². The molecule has 1 saturated carbocycles. The molecule has 0 aromatic heterocycles. The van der Waals surface area contributed by atoms with Gasteiger partial charge in [-0.1, -0.05) is 32.9 Å². The lowest BCUT2D eigenvalue weighted by atomic mass is 9.75. The van der Waals surface area contributed by atoms with Gasteiger partial charge in [0, 0.05) is 6.04 Å². The lowest BCUT2D eigenvalue weighted by molar-refractivity contribution is 0.270. The SMILES string of the molecule is CC(C)(C)CCNC1CC(c2cccc(F)c2)C1. The second-order valence-electron chi connectivity index (χ2n) is 6.69. The largest absolute Gasteiger partial charge is 0.314 e. The quantitative estimate of drug-likeness (QED) is 0.847. The molecular formula is C16H24FN. The predicted molar refractivity (Wildman–Crippen MR) is 74.2 cm³/mol. The zero-order valence-electron chi connectivity index (χ0n) is 11.7. The number of benzene rings is 1. The molecule has 0 spiro atoms. The summed E-state index contributed by atoms with van der Waals surface area (Å²) < 4.78 is 13.1. The highest BCUT2D eigenvalue weighted by Gasteiger charge is 2.30. The van der Waals surface area contributed by atoms with Crippen molar-refractivity contribution in [2.75, 3.05) is 6.54 Å². The highest BCUT2D eigenvalue weighted by molar-refractivity contribution is 5.23. The van der Waals surface area contributed by atoms with Crippen molar-refractivity contribution in [2.24, 2.45) is 5.41 Å². The second-order valence-corrected chi connectivity index (χ2v) is 6.69. The smallest absolute Gasteiger partial charge is 0.123 e. The van der Waals surface area contributed by atoms with Gasteiger partial charge < -0.3 is 5.32 Å². The van der Waals surface area contributed by atoms with Crippen molar-refractivity contribution in [3.8, 4) is 0 Å². The fraction of sp³-hybridized carbons (Fsp3) is 0.625. The van der Waals surface area contributed by atoms with Crippen LogP contribution in [0.5, 0.6) is 0 Å². The summed E-state index contributed by atoms with van der Waals surface area (Å²) in [7, 11) is 0. The highest BCUT2D eigenvalue weighted by Crippen LogP contribution is 2.37. The summed E-state index contributed by atoms with van der Waals surface area (Å²) in [6.45, 7) is 7.89. The normalized spacial score (nSPS) is 23.8. The minimum Gasteiger partial charge on any atom is -0.314 e. The van der Waals surface area contributed by atoms with Gasteiger partial charge in [-0.2, -0.15) is 0 Å². The first kappa shape index (κ1) is 13.5. The zero-order valence-corrected chi connectivity index (χ0v) is 11.7. The van der Waals surface area contributed by atoms with E-state index in [0.717, 1.165) is 24.9 Å². The summed E-state index contributed by atoms with van der Waals surface area (Å²) in [6, 6.07) is 7.67. The average molecular weight is 249 g/mol. The third-order valence-corrected chi connectivity index (χ3v) is 3.77. The van der Waals surface area contributed by atoms with Crippen molar-refractivity contribution in [2.45, 2.75) is 52.0 Å². The Morgan fingerprint density at radius 2 is 2.00 bits per heavy atom. The Morgan fingerprint density at radius 1 is 1.28 bits per heavy atom. The van der Waals surface area contributed by atoms with Gasteiger partial charge in [0.05, 0.1) is 0 Å². The minimum atomic E-state index is -0.114. The van der Waals surface area contributed by atoms with Gasteiger partial charge in [-0.3, -0.25) is 0 Å². The first-order chi connectivity index (χ1) is 8.44. The molecule has 1 aliphatic carbocycles. The maximum absolute atomic E-state index is 13.1. The maximum atomic E-state index is 13.1. The van der Waals surface area contributed by atoms with Gasteiger partial charge in [-0.05, 0) is 54.8 Å². The molecule has 1 fully saturated rings. The van der Waals surface area contributed by atoms with Crippen LogP contribution < -0.4 is 5.32 Å². The fourth-order valence-electron chi connectivity index (χ4n) is 2.47. The minimum absolute atomic E-state index is 0.114. The van der Waals surface area contributed by atoms with Crippen LogP contribution in [0.2, 0.25) is 0 Å². The summed E-state index contributed by atoms with van der Waals surface area (Å²) >= 11 is 0. The van der Waals surface area contributed by atoms with Crippen molar-refractivity contribution < 1.29 is 4.39 Å². The number of halogens is 1. The van der Waals surface area contributed by atoms with Crippen molar-refractivity contribution in [1.82, 2.24) is 5.32 Å². The summed E-state index contributed by atoms with van der Waals surface area (Å²) in [6.07, 6.45) is 3.50. The molecule has 1 N–H and O–H groups in total. The Bertz CT molecular complexity index is 388. The van der Waals surface area contributed by atoms with Crippen molar-refractivity contribution >= 4 is 0 Å². The van der Waals surface area contributed by atoms with E-state index in [2.05, 4.69) is 26.1 Å². The zero-order chi connectivity index (χ0) is 13.2. The van der Waals surface area contributed by atoms with E-state index in [1.54, 1.807) is 6.07 Å². The van der Waals surface area contributed by atoms with E-state index in [0.29, 0.717) is 17.4 Å². The Labute approximate surface area is 110 Å². The van der Waals surface area contributed by atoms with E-state index in [1.165, 1.54) is 12.5 Å². The molecule has 1 aromatic rings. The monoisotopic (exact) mass is 249 g/mol. The molecule has 0 saturated heterocycles. The van der Waals surface area contributed by atoms with Crippen molar-refractivity contribution in [1.29, 1.82) is 0 Å². The van der Waals surface area contributed by atoms with E-state index in [4.69, 9.17) is 0 Å². The predicted octanol–water partition coefficient (Wildman–Crippen LogP) is 4.10. The highest BCUT2D eigenvalue weighted by atomic mass is 19.1. The van der Waals surface area contributed by atoms with E-state index in [-0.39, 0.29) is 5.82 Å². The molecule has 0 amide bonds. The van der Waals surface area contributed by atoms with Gasteiger partial charge in [0.2, 0.25) is 0 Å². The third kappa shape index (κ3) is 3.81. The molecule has 100 valence electrons. The van der Waals surface area contributed by atoms with Crippen LogP contribution >= 0.6 is 0 Å². The lowest BCUT2D eigenvalue weighted by Gasteiger charge is -2.37. The molecule has 0 heterocycles. The van der Waals surface area contributed by atoms with Crippen LogP contribution in [0.1, 0.15) is 51.5 Å². The second kappa shape index (κ2) is 5.40. The number of hydrogen-bond donors (Lipinski definition) is 1. The Hall–Kier alpha value is -0.890. The molecule has 1 aromatic carbocycles. The standard InChI is InChI=1S/C16H24FN/c1-16(2,3)7-8-18-15-10-13(11-15)12-5-4-6-14(17)9-12/h4-6,9,13,15,18H,7-8,10-11H2,1-3H3. The average Bonchev–Trinajstić information content (AvgIpc) is 2.19. The first-order valence-corrected chi connectivity index (χ1v) is 6.93. The van der Waals surface area contributed by atoms with Crippen LogP contribution in [0.3, 0.4) is 0 Å². The van der Waals surface area contributed by atoms with Gasteiger partial charge >= 0.3 is 0 Å². The summed E-state index contributed by atoms with van der Waals surface area (Å²) in [4.78, 5) is 0. The summed E-state index contributed by atoms with van der Waals surface area (Å²) in [5, 5.41) is 3.60. The Balaban J connectivity index is 1.71. The lowest BCUT2D eigenvalue weighted by Crippen LogP contribution is -2.41. The maximum Gasteiger partial charge on any atom is 0.123 e. The molecular weight excluding hydrogens is 225 g/mol. The van der Waals surface area contributed by atoms with Crippen molar-refractivity contribution in [3.05, 3.63) is 35.6 Å². The third-order valence-electron chi connectivity index (χ3n) is 3.77. The van der Waals surface area contributed by atoms with Crippen LogP contribution in [0.4, 0.5) is 4.39 Å². The van der Waals surface area contributed by atoms with Gasteiger partial charge in [-0.25, -0.2) is 4.39 Å². The summed E-state index contributed by atoms with van der Waals surface area (Å²) in [5.41, 5.74) is 1.56. The molecule has 0 radical (unpaired) electrons. The van der Waals surface area contributed by atoms with E-state index < -0.39 is 0 Å². The van der Waals surface area contributed by atoms with Gasteiger partial charge in [0.15, 0.2) is 0 Å². The van der Waals surface area contributed by atoms with Crippen LogP contribution in [-0.2, 0) is 0 Å². The molecule has 0 unspecified atom stereocenters. The molecule has 0 atom stereocenters. The molecule has 0 aliphatic heterocycles. The van der Waals surface area contributed by atoms with Crippen LogP contribution in [-0.4, -0.2) is 12.6 Å². The van der Waals surface area contributed by atoms with Crippen LogP contribution in [0.25, 0.3) is 0 Å². The molecule has 2 heteroatoms. The Morgan fingerprint density at radius 3 is 2.61 bits per heavy atom. The topological polar surface area (TPSA) is 12.0 Å². The Kier molecular flexibility index (Phi) is 4.06. The fourth-order valence-corrected chi connectivity index (χ4v) is 2.47.